The molecule has 100 valence electrons. The maximum absolute atomic E-state index is 11.4. The van der Waals surface area contributed by atoms with Gasteiger partial charge in [-0.1, -0.05) is 0 Å². The summed E-state index contributed by atoms with van der Waals surface area (Å²) in [7, 11) is 6.01. The third kappa shape index (κ3) is 5.02. The Morgan fingerprint density at radius 2 is 1.94 bits per heavy atom. The lowest BCUT2D eigenvalue weighted by molar-refractivity contribution is -0.145. The van der Waals surface area contributed by atoms with Crippen molar-refractivity contribution in [2.45, 2.75) is 31.3 Å². The van der Waals surface area contributed by atoms with Gasteiger partial charge in [-0.2, -0.15) is 0 Å². The summed E-state index contributed by atoms with van der Waals surface area (Å²) < 4.78 is 0. The van der Waals surface area contributed by atoms with Gasteiger partial charge in [0.25, 0.3) is 0 Å². The molecule has 0 saturated heterocycles. The molecule has 0 radical (unpaired) electrons. The second kappa shape index (κ2) is 5.80. The molecule has 0 heterocycles. The second-order valence-electron chi connectivity index (χ2n) is 5.60. The van der Waals surface area contributed by atoms with Gasteiger partial charge in [0.05, 0.1) is 0 Å². The average Bonchev–Trinajstić information content (AvgIpc) is 2.98. The van der Waals surface area contributed by atoms with Gasteiger partial charge in [0, 0.05) is 25.7 Å². The monoisotopic (exact) mass is 243 g/mol. The van der Waals surface area contributed by atoms with Crippen LogP contribution in [0.4, 0.5) is 0 Å². The highest BCUT2D eigenvalue weighted by Crippen LogP contribution is 2.23. The second-order valence-corrected chi connectivity index (χ2v) is 5.60. The van der Waals surface area contributed by atoms with Crippen LogP contribution in [0.5, 0.6) is 0 Å². The van der Waals surface area contributed by atoms with E-state index in [1.807, 2.05) is 21.1 Å². The van der Waals surface area contributed by atoms with E-state index in [4.69, 9.17) is 0 Å². The number of aliphatic carboxylic acids is 1. The van der Waals surface area contributed by atoms with Crippen molar-refractivity contribution in [1.82, 2.24) is 15.1 Å². The Balaban J connectivity index is 2.44. The first-order chi connectivity index (χ1) is 7.83. The minimum Gasteiger partial charge on any atom is -0.480 e. The van der Waals surface area contributed by atoms with Gasteiger partial charge >= 0.3 is 5.97 Å². The smallest absolute Gasteiger partial charge is 0.324 e. The largest absolute Gasteiger partial charge is 0.480 e. The summed E-state index contributed by atoms with van der Waals surface area (Å²) in [6.07, 6.45) is 2.20. The molecule has 0 aromatic rings. The van der Waals surface area contributed by atoms with Crippen molar-refractivity contribution >= 4 is 5.97 Å². The van der Waals surface area contributed by atoms with Crippen LogP contribution in [0.1, 0.15) is 19.8 Å². The SMILES string of the molecule is CN(C)CCN(C)CC(C)(NC1CC1)C(=O)O. The van der Waals surface area contributed by atoms with Crippen molar-refractivity contribution in [2.75, 3.05) is 40.8 Å². The zero-order valence-electron chi connectivity index (χ0n) is 11.4. The number of nitrogens with one attached hydrogen (secondary N) is 1. The summed E-state index contributed by atoms with van der Waals surface area (Å²) in [6.45, 7) is 4.13. The Hall–Kier alpha value is -0.650. The summed E-state index contributed by atoms with van der Waals surface area (Å²) >= 11 is 0. The third-order valence-corrected chi connectivity index (χ3v) is 3.09. The Labute approximate surface area is 104 Å². The normalized spacial score (nSPS) is 19.6. The minimum atomic E-state index is -0.831. The van der Waals surface area contributed by atoms with Crippen LogP contribution in [0.3, 0.4) is 0 Å². The number of hydrogen-bond donors (Lipinski definition) is 2. The summed E-state index contributed by atoms with van der Waals surface area (Å²) in [5.74, 6) is -0.763. The topological polar surface area (TPSA) is 55.8 Å². The first-order valence-corrected chi connectivity index (χ1v) is 6.18. The van der Waals surface area contributed by atoms with E-state index in [1.165, 1.54) is 0 Å². The molecular formula is C12H25N3O2. The van der Waals surface area contributed by atoms with E-state index in [0.29, 0.717) is 12.6 Å². The zero-order chi connectivity index (χ0) is 13.1. The highest BCUT2D eigenvalue weighted by molar-refractivity contribution is 5.78. The fraction of sp³-hybridized carbons (Fsp3) is 0.917. The number of carbonyl (C=O) groups is 1. The average molecular weight is 243 g/mol. The molecule has 5 nitrogen and oxygen atoms in total. The van der Waals surface area contributed by atoms with Gasteiger partial charge < -0.3 is 14.9 Å². The van der Waals surface area contributed by atoms with Crippen LogP contribution in [0.2, 0.25) is 0 Å². The Morgan fingerprint density at radius 3 is 2.35 bits per heavy atom. The number of hydrogen-bond acceptors (Lipinski definition) is 4. The van der Waals surface area contributed by atoms with Crippen LogP contribution in [0.15, 0.2) is 0 Å². The maximum atomic E-state index is 11.4. The van der Waals surface area contributed by atoms with Crippen LogP contribution in [0.25, 0.3) is 0 Å². The molecule has 0 spiro atoms. The fourth-order valence-corrected chi connectivity index (χ4v) is 1.84. The van der Waals surface area contributed by atoms with Gasteiger partial charge in [-0.05, 0) is 40.9 Å². The molecule has 0 bridgehead atoms. The molecule has 1 aliphatic carbocycles. The van der Waals surface area contributed by atoms with E-state index >= 15 is 0 Å². The zero-order valence-corrected chi connectivity index (χ0v) is 11.4. The molecule has 1 aliphatic rings. The molecule has 0 aliphatic heterocycles. The van der Waals surface area contributed by atoms with Gasteiger partial charge in [0.15, 0.2) is 0 Å². The predicted octanol–water partition coefficient (Wildman–Crippen LogP) is 0.0751. The van der Waals surface area contributed by atoms with E-state index in [9.17, 15) is 9.90 Å². The molecule has 0 aromatic heterocycles. The van der Waals surface area contributed by atoms with Gasteiger partial charge in [-0.25, -0.2) is 0 Å². The number of carboxylic acids is 1. The standard InChI is InChI=1S/C12H25N3O2/c1-12(11(16)17,13-10-5-6-10)9-15(4)8-7-14(2)3/h10,13H,5-9H2,1-4H3,(H,16,17). The van der Waals surface area contributed by atoms with Gasteiger partial charge in [0.1, 0.15) is 5.54 Å². The fourth-order valence-electron chi connectivity index (χ4n) is 1.84. The van der Waals surface area contributed by atoms with Crippen LogP contribution >= 0.6 is 0 Å². The van der Waals surface area contributed by atoms with Gasteiger partial charge in [-0.15, -0.1) is 0 Å². The molecule has 1 rings (SSSR count). The number of carboxylic acid groups (broad SMARTS) is 1. The molecule has 1 atom stereocenters. The lowest BCUT2D eigenvalue weighted by atomic mass is 10.0. The maximum Gasteiger partial charge on any atom is 0.324 e. The highest BCUT2D eigenvalue weighted by atomic mass is 16.4. The molecule has 17 heavy (non-hydrogen) atoms. The van der Waals surface area contributed by atoms with Crippen LogP contribution in [-0.2, 0) is 4.79 Å². The quantitative estimate of drug-likeness (QED) is 0.632. The minimum absolute atomic E-state index is 0.401. The van der Waals surface area contributed by atoms with E-state index in [1.54, 1.807) is 6.92 Å². The van der Waals surface area contributed by atoms with Crippen molar-refractivity contribution < 1.29 is 9.90 Å². The van der Waals surface area contributed by atoms with Gasteiger partial charge in [-0.3, -0.25) is 10.1 Å². The summed E-state index contributed by atoms with van der Waals surface area (Å²) in [5.41, 5.74) is -0.831. The van der Waals surface area contributed by atoms with Crippen molar-refractivity contribution in [3.63, 3.8) is 0 Å². The van der Waals surface area contributed by atoms with Crippen molar-refractivity contribution in [1.29, 1.82) is 0 Å². The van der Waals surface area contributed by atoms with E-state index in [-0.39, 0.29) is 0 Å². The lowest BCUT2D eigenvalue weighted by Crippen LogP contribution is -2.57. The molecule has 0 aromatic carbocycles. The Kier molecular flexibility index (Phi) is 4.91. The number of likely N-dealkylation sites (N-methyl/N-ethyl adjacent to an activating group) is 2. The van der Waals surface area contributed by atoms with Crippen molar-refractivity contribution in [3.8, 4) is 0 Å². The van der Waals surface area contributed by atoms with Crippen molar-refractivity contribution in [3.05, 3.63) is 0 Å². The van der Waals surface area contributed by atoms with Gasteiger partial charge in [0.2, 0.25) is 0 Å². The molecule has 1 unspecified atom stereocenters. The highest BCUT2D eigenvalue weighted by Gasteiger charge is 2.39. The summed E-state index contributed by atoms with van der Waals surface area (Å²) in [6, 6.07) is 0.401. The molecule has 1 fully saturated rings. The molecule has 1 saturated carbocycles. The Morgan fingerprint density at radius 1 is 1.35 bits per heavy atom. The number of rotatable bonds is 8. The van der Waals surface area contributed by atoms with Crippen molar-refractivity contribution in [2.24, 2.45) is 0 Å². The van der Waals surface area contributed by atoms with Crippen LogP contribution in [-0.4, -0.2) is 73.2 Å². The van der Waals surface area contributed by atoms with Crippen LogP contribution < -0.4 is 5.32 Å². The first-order valence-electron chi connectivity index (χ1n) is 6.18. The number of nitrogens with zero attached hydrogens (tertiary/aromatic N) is 2. The molecule has 5 heteroatoms. The Bertz CT molecular complexity index is 266. The third-order valence-electron chi connectivity index (χ3n) is 3.09. The van der Waals surface area contributed by atoms with E-state index < -0.39 is 11.5 Å². The summed E-state index contributed by atoms with van der Waals surface area (Å²) in [4.78, 5) is 15.5. The van der Waals surface area contributed by atoms with E-state index in [0.717, 1.165) is 25.9 Å². The van der Waals surface area contributed by atoms with Crippen LogP contribution in [0, 0.1) is 0 Å². The summed E-state index contributed by atoms with van der Waals surface area (Å²) in [5, 5.41) is 12.6. The molecule has 2 N–H and O–H groups in total. The molecule has 0 amide bonds. The molecular weight excluding hydrogens is 218 g/mol. The first kappa shape index (κ1) is 14.4. The predicted molar refractivity (Wildman–Crippen MR) is 68.2 cm³/mol. The lowest BCUT2D eigenvalue weighted by Gasteiger charge is -2.31. The van der Waals surface area contributed by atoms with E-state index in [2.05, 4.69) is 15.1 Å².